The van der Waals surface area contributed by atoms with Crippen LogP contribution in [0.2, 0.25) is 0 Å². The van der Waals surface area contributed by atoms with Gasteiger partial charge in [-0.2, -0.15) is 0 Å². The maximum Gasteiger partial charge on any atom is 0.329 e. The molecule has 1 rings (SSSR count). The fraction of sp³-hybridized carbons (Fsp3) is 0.333. The summed E-state index contributed by atoms with van der Waals surface area (Å²) in [6, 6.07) is 6.18. The molecule has 17 heavy (non-hydrogen) atoms. The topological polar surface area (TPSA) is 43.4 Å². The first-order valence-electron chi connectivity index (χ1n) is 5.06. The van der Waals surface area contributed by atoms with Gasteiger partial charge in [0, 0.05) is 5.56 Å². The highest BCUT2D eigenvalue weighted by Gasteiger charge is 2.14. The first-order chi connectivity index (χ1) is 7.91. The van der Waals surface area contributed by atoms with Gasteiger partial charge in [0.15, 0.2) is 5.78 Å². The van der Waals surface area contributed by atoms with E-state index in [0.29, 0.717) is 11.3 Å². The van der Waals surface area contributed by atoms with E-state index in [2.05, 4.69) is 0 Å². The molecule has 92 valence electrons. The first-order valence-corrected chi connectivity index (χ1v) is 5.93. The molecule has 0 spiro atoms. The first kappa shape index (κ1) is 14.0. The second-order valence-electron chi connectivity index (χ2n) is 3.54. The molecule has 5 heteroatoms. The Kier molecular flexibility index (Phi) is 4.97. The normalized spacial score (nSPS) is 13.9. The molecular weight excluding hydrogens is 263 g/mol. The summed E-state index contributed by atoms with van der Waals surface area (Å²) in [4.78, 5) is 22.7. The predicted octanol–water partition coefficient (Wildman–Crippen LogP) is 3.03. The van der Waals surface area contributed by atoms with Crippen LogP contribution in [0.1, 0.15) is 24.2 Å². The van der Waals surface area contributed by atoms with Crippen molar-refractivity contribution in [2.75, 3.05) is 0 Å². The van der Waals surface area contributed by atoms with Gasteiger partial charge in [-0.15, -0.1) is 23.2 Å². The van der Waals surface area contributed by atoms with Crippen LogP contribution in [-0.4, -0.2) is 22.5 Å². The van der Waals surface area contributed by atoms with Crippen LogP contribution in [0.15, 0.2) is 24.3 Å². The molecule has 0 fully saturated rings. The van der Waals surface area contributed by atoms with Gasteiger partial charge in [0.25, 0.3) is 0 Å². The highest BCUT2D eigenvalue weighted by Crippen LogP contribution is 2.16. The van der Waals surface area contributed by atoms with Gasteiger partial charge in [-0.25, -0.2) is 0 Å². The van der Waals surface area contributed by atoms with E-state index in [4.69, 9.17) is 27.9 Å². The number of halogens is 2. The van der Waals surface area contributed by atoms with Crippen molar-refractivity contribution in [1.82, 2.24) is 0 Å². The van der Waals surface area contributed by atoms with Crippen molar-refractivity contribution in [1.29, 1.82) is 0 Å². The summed E-state index contributed by atoms with van der Waals surface area (Å²) in [5, 5.41) is -1.29. The lowest BCUT2D eigenvalue weighted by molar-refractivity contribution is -0.133. The summed E-state index contributed by atoms with van der Waals surface area (Å²) in [5.41, 5.74) is 0.478. The molecular formula is C12H12Cl2O3. The Morgan fingerprint density at radius 1 is 1.06 bits per heavy atom. The van der Waals surface area contributed by atoms with Crippen LogP contribution in [0, 0.1) is 0 Å². The van der Waals surface area contributed by atoms with E-state index in [-0.39, 0.29) is 5.78 Å². The Hall–Kier alpha value is -1.06. The van der Waals surface area contributed by atoms with Crippen molar-refractivity contribution in [3.63, 3.8) is 0 Å². The number of esters is 1. The van der Waals surface area contributed by atoms with Gasteiger partial charge in [-0.05, 0) is 38.1 Å². The second-order valence-corrected chi connectivity index (χ2v) is 4.85. The van der Waals surface area contributed by atoms with Crippen molar-refractivity contribution < 1.29 is 14.3 Å². The zero-order valence-corrected chi connectivity index (χ0v) is 11.0. The standard InChI is InChI=1S/C12H12Cl2O3/c1-7(13)11(15)9-3-5-10(6-4-9)17-12(16)8(2)14/h3-8H,1-2H3/t7-,8-/m1/s1. The zero-order chi connectivity index (χ0) is 13.0. The van der Waals surface area contributed by atoms with Gasteiger partial charge in [-0.1, -0.05) is 0 Å². The number of hydrogen-bond acceptors (Lipinski definition) is 3. The summed E-state index contributed by atoms with van der Waals surface area (Å²) in [5.74, 6) is -0.354. The minimum Gasteiger partial charge on any atom is -0.425 e. The van der Waals surface area contributed by atoms with Crippen LogP contribution in [0.25, 0.3) is 0 Å². The molecule has 0 radical (unpaired) electrons. The van der Waals surface area contributed by atoms with Crippen molar-refractivity contribution in [2.24, 2.45) is 0 Å². The van der Waals surface area contributed by atoms with E-state index in [1.807, 2.05) is 0 Å². The Morgan fingerprint density at radius 2 is 1.59 bits per heavy atom. The lowest BCUT2D eigenvalue weighted by atomic mass is 10.1. The molecule has 0 aliphatic carbocycles. The molecule has 0 saturated carbocycles. The fourth-order valence-corrected chi connectivity index (χ4v) is 1.28. The number of Topliss-reactive ketones (excluding diaryl/α,β-unsaturated/α-hetero) is 1. The Bertz CT molecular complexity index is 410. The van der Waals surface area contributed by atoms with Crippen LogP contribution < -0.4 is 4.74 Å². The Labute approximate surface area is 110 Å². The lowest BCUT2D eigenvalue weighted by Crippen LogP contribution is -2.17. The van der Waals surface area contributed by atoms with Gasteiger partial charge in [-0.3, -0.25) is 9.59 Å². The predicted molar refractivity (Wildman–Crippen MR) is 67.0 cm³/mol. The van der Waals surface area contributed by atoms with Crippen molar-refractivity contribution in [3.8, 4) is 5.75 Å². The smallest absolute Gasteiger partial charge is 0.329 e. The number of ketones is 1. The van der Waals surface area contributed by atoms with E-state index in [1.165, 1.54) is 19.1 Å². The molecule has 0 amide bonds. The van der Waals surface area contributed by atoms with Gasteiger partial charge in [0.2, 0.25) is 0 Å². The van der Waals surface area contributed by atoms with Crippen molar-refractivity contribution in [2.45, 2.75) is 24.6 Å². The number of ether oxygens (including phenoxy) is 1. The van der Waals surface area contributed by atoms with E-state index < -0.39 is 16.7 Å². The highest BCUT2D eigenvalue weighted by atomic mass is 35.5. The van der Waals surface area contributed by atoms with Gasteiger partial charge >= 0.3 is 5.97 Å². The molecule has 2 atom stereocenters. The summed E-state index contributed by atoms with van der Waals surface area (Å²) in [6.07, 6.45) is 0. The molecule has 0 N–H and O–H groups in total. The van der Waals surface area contributed by atoms with Crippen LogP contribution >= 0.6 is 23.2 Å². The lowest BCUT2D eigenvalue weighted by Gasteiger charge is -2.06. The second kappa shape index (κ2) is 6.03. The maximum atomic E-state index is 11.5. The molecule has 0 saturated heterocycles. The zero-order valence-electron chi connectivity index (χ0n) is 9.44. The third-order valence-electron chi connectivity index (χ3n) is 2.04. The van der Waals surface area contributed by atoms with Crippen molar-refractivity contribution in [3.05, 3.63) is 29.8 Å². The van der Waals surface area contributed by atoms with Crippen molar-refractivity contribution >= 4 is 35.0 Å². The summed E-state index contributed by atoms with van der Waals surface area (Å²) >= 11 is 11.2. The highest BCUT2D eigenvalue weighted by molar-refractivity contribution is 6.33. The quantitative estimate of drug-likeness (QED) is 0.367. The molecule has 1 aromatic rings. The Morgan fingerprint density at radius 3 is 2.00 bits per heavy atom. The number of hydrogen-bond donors (Lipinski definition) is 0. The molecule has 0 aliphatic rings. The number of benzene rings is 1. The van der Waals surface area contributed by atoms with E-state index in [0.717, 1.165) is 0 Å². The summed E-state index contributed by atoms with van der Waals surface area (Å²) in [7, 11) is 0. The molecule has 0 bridgehead atoms. The fourth-order valence-electron chi connectivity index (χ4n) is 1.11. The molecule has 0 unspecified atom stereocenters. The average Bonchev–Trinajstić information content (AvgIpc) is 2.28. The molecule has 1 aromatic carbocycles. The van der Waals surface area contributed by atoms with Gasteiger partial charge < -0.3 is 4.74 Å². The third-order valence-corrected chi connectivity index (χ3v) is 2.42. The van der Waals surface area contributed by atoms with Crippen LogP contribution in [0.4, 0.5) is 0 Å². The molecule has 0 aliphatic heterocycles. The minimum atomic E-state index is -0.709. The van der Waals surface area contributed by atoms with Crippen LogP contribution in [0.3, 0.4) is 0 Å². The molecule has 0 heterocycles. The molecule has 3 nitrogen and oxygen atoms in total. The third kappa shape index (κ3) is 4.02. The molecule has 0 aromatic heterocycles. The minimum absolute atomic E-state index is 0.171. The van der Waals surface area contributed by atoms with E-state index in [9.17, 15) is 9.59 Å². The average molecular weight is 275 g/mol. The monoisotopic (exact) mass is 274 g/mol. The summed E-state index contributed by atoms with van der Waals surface area (Å²) < 4.78 is 4.96. The van der Waals surface area contributed by atoms with Gasteiger partial charge in [0.05, 0.1) is 5.38 Å². The van der Waals surface area contributed by atoms with Crippen LogP contribution in [-0.2, 0) is 4.79 Å². The largest absolute Gasteiger partial charge is 0.425 e. The number of carbonyl (C=O) groups is 2. The number of alkyl halides is 2. The SMILES string of the molecule is C[C@@H](Cl)C(=O)Oc1ccc(C(=O)[C@@H](C)Cl)cc1. The summed E-state index contributed by atoms with van der Waals surface area (Å²) in [6.45, 7) is 3.13. The van der Waals surface area contributed by atoms with E-state index >= 15 is 0 Å². The number of carbonyl (C=O) groups excluding carboxylic acids is 2. The van der Waals surface area contributed by atoms with E-state index in [1.54, 1.807) is 19.1 Å². The number of rotatable bonds is 4. The Balaban J connectivity index is 2.75. The maximum absolute atomic E-state index is 11.5. The van der Waals surface area contributed by atoms with Gasteiger partial charge in [0.1, 0.15) is 11.1 Å². The van der Waals surface area contributed by atoms with Crippen LogP contribution in [0.5, 0.6) is 5.75 Å².